The second-order valence-electron chi connectivity index (χ2n) is 4.83. The van der Waals surface area contributed by atoms with E-state index in [1.807, 2.05) is 6.07 Å². The van der Waals surface area contributed by atoms with Crippen molar-refractivity contribution in [2.24, 2.45) is 0 Å². The van der Waals surface area contributed by atoms with Crippen molar-refractivity contribution in [1.82, 2.24) is 14.9 Å². The van der Waals surface area contributed by atoms with E-state index in [-0.39, 0.29) is 11.8 Å². The van der Waals surface area contributed by atoms with Crippen LogP contribution in [0.2, 0.25) is 0 Å². The van der Waals surface area contributed by atoms with Crippen LogP contribution in [0.15, 0.2) is 30.5 Å². The topological polar surface area (TPSA) is 89.4 Å². The first kappa shape index (κ1) is 12.5. The number of phenols is 1. The normalized spacial score (nSPS) is 18.4. The molecule has 1 aliphatic heterocycles. The number of H-pyrrole nitrogens is 1. The Morgan fingerprint density at radius 1 is 1.40 bits per heavy atom. The molecule has 0 saturated carbocycles. The third-order valence-corrected chi connectivity index (χ3v) is 3.60. The van der Waals surface area contributed by atoms with Gasteiger partial charge >= 0.3 is 6.09 Å². The van der Waals surface area contributed by atoms with Gasteiger partial charge in [0.05, 0.1) is 17.9 Å². The van der Waals surface area contributed by atoms with Crippen molar-refractivity contribution in [3.63, 3.8) is 0 Å². The molecule has 1 aromatic carbocycles. The van der Waals surface area contributed by atoms with E-state index in [0.717, 1.165) is 12.8 Å². The monoisotopic (exact) mass is 273 g/mol. The van der Waals surface area contributed by atoms with Crippen LogP contribution in [-0.4, -0.2) is 37.7 Å². The Labute approximate surface area is 115 Å². The molecular formula is C14H15N3O3. The van der Waals surface area contributed by atoms with E-state index in [0.29, 0.717) is 23.6 Å². The summed E-state index contributed by atoms with van der Waals surface area (Å²) >= 11 is 0. The Kier molecular flexibility index (Phi) is 3.06. The van der Waals surface area contributed by atoms with Gasteiger partial charge in [-0.15, -0.1) is 0 Å². The van der Waals surface area contributed by atoms with Crippen molar-refractivity contribution in [3.05, 3.63) is 36.3 Å². The lowest BCUT2D eigenvalue weighted by Gasteiger charge is -2.19. The number of aromatic nitrogens is 2. The number of carboxylic acid groups (broad SMARTS) is 1. The molecule has 2 heterocycles. The number of aromatic amines is 1. The fourth-order valence-electron chi connectivity index (χ4n) is 2.62. The number of para-hydroxylation sites is 1. The Morgan fingerprint density at radius 2 is 2.20 bits per heavy atom. The van der Waals surface area contributed by atoms with Crippen LogP contribution < -0.4 is 0 Å². The summed E-state index contributed by atoms with van der Waals surface area (Å²) in [5, 5.41) is 19.0. The fraction of sp³-hybridized carbons (Fsp3) is 0.286. The van der Waals surface area contributed by atoms with Crippen molar-refractivity contribution >= 4 is 6.09 Å². The van der Waals surface area contributed by atoms with Crippen LogP contribution in [0.25, 0.3) is 11.3 Å². The predicted octanol–water partition coefficient (Wildman–Crippen LogP) is 2.60. The van der Waals surface area contributed by atoms with Gasteiger partial charge in [0.15, 0.2) is 0 Å². The number of nitrogens with zero attached hydrogens (tertiary/aromatic N) is 2. The first-order valence-corrected chi connectivity index (χ1v) is 6.49. The average molecular weight is 273 g/mol. The molecule has 1 aromatic heterocycles. The minimum absolute atomic E-state index is 0.171. The molecule has 3 N–H and O–H groups in total. The van der Waals surface area contributed by atoms with Gasteiger partial charge in [-0.1, -0.05) is 12.1 Å². The maximum atomic E-state index is 11.2. The molecule has 1 amide bonds. The molecule has 20 heavy (non-hydrogen) atoms. The van der Waals surface area contributed by atoms with Crippen molar-refractivity contribution in [3.8, 4) is 17.0 Å². The molecule has 1 unspecified atom stereocenters. The van der Waals surface area contributed by atoms with Gasteiger partial charge in [0, 0.05) is 12.1 Å². The van der Waals surface area contributed by atoms with Crippen LogP contribution in [0.4, 0.5) is 4.79 Å². The summed E-state index contributed by atoms with van der Waals surface area (Å²) in [5.41, 5.74) is 1.35. The molecule has 6 heteroatoms. The Hall–Kier alpha value is -2.50. The molecule has 1 atom stereocenters. The SMILES string of the molecule is O=C(O)N1CCCC1c1ncc(-c2ccccc2O)[nH]1. The smallest absolute Gasteiger partial charge is 0.407 e. The standard InChI is InChI=1S/C14H15N3O3/c18-12-6-2-1-4-9(12)10-8-15-13(16-10)11-5-3-7-17(11)14(19)20/h1-2,4,6,8,11,18H,3,5,7H2,(H,15,16)(H,19,20). The summed E-state index contributed by atoms with van der Waals surface area (Å²) in [7, 11) is 0. The number of imidazole rings is 1. The van der Waals surface area contributed by atoms with E-state index in [9.17, 15) is 9.90 Å². The van der Waals surface area contributed by atoms with Gasteiger partial charge in [-0.2, -0.15) is 0 Å². The predicted molar refractivity (Wildman–Crippen MR) is 72.4 cm³/mol. The average Bonchev–Trinajstić information content (AvgIpc) is 3.07. The highest BCUT2D eigenvalue weighted by molar-refractivity contribution is 5.67. The van der Waals surface area contributed by atoms with Crippen LogP contribution in [-0.2, 0) is 0 Å². The number of aromatic hydroxyl groups is 1. The molecule has 0 bridgehead atoms. The van der Waals surface area contributed by atoms with Gasteiger partial charge in [-0.25, -0.2) is 9.78 Å². The molecule has 0 aliphatic carbocycles. The third kappa shape index (κ3) is 2.09. The molecule has 0 radical (unpaired) electrons. The minimum atomic E-state index is -0.923. The van der Waals surface area contributed by atoms with Crippen molar-refractivity contribution in [2.75, 3.05) is 6.54 Å². The largest absolute Gasteiger partial charge is 0.507 e. The number of carbonyl (C=O) groups is 1. The molecule has 3 rings (SSSR count). The van der Waals surface area contributed by atoms with Crippen molar-refractivity contribution in [1.29, 1.82) is 0 Å². The van der Waals surface area contributed by atoms with Crippen molar-refractivity contribution < 1.29 is 15.0 Å². The molecule has 1 saturated heterocycles. The van der Waals surface area contributed by atoms with Gasteiger partial charge in [-0.3, -0.25) is 4.90 Å². The zero-order valence-electron chi connectivity index (χ0n) is 10.8. The molecule has 104 valence electrons. The van der Waals surface area contributed by atoms with Gasteiger partial charge in [-0.05, 0) is 25.0 Å². The van der Waals surface area contributed by atoms with Gasteiger partial charge in [0.2, 0.25) is 0 Å². The summed E-state index contributed by atoms with van der Waals surface area (Å²) < 4.78 is 0. The molecule has 0 spiro atoms. The number of nitrogens with one attached hydrogen (secondary N) is 1. The fourth-order valence-corrected chi connectivity index (χ4v) is 2.62. The first-order valence-electron chi connectivity index (χ1n) is 6.49. The Balaban J connectivity index is 1.91. The van der Waals surface area contributed by atoms with E-state index in [2.05, 4.69) is 9.97 Å². The Morgan fingerprint density at radius 3 is 2.95 bits per heavy atom. The zero-order chi connectivity index (χ0) is 14.1. The van der Waals surface area contributed by atoms with Crippen LogP contribution in [0.5, 0.6) is 5.75 Å². The number of hydrogen-bond acceptors (Lipinski definition) is 3. The van der Waals surface area contributed by atoms with E-state index in [1.165, 1.54) is 4.90 Å². The minimum Gasteiger partial charge on any atom is -0.507 e. The number of benzene rings is 1. The van der Waals surface area contributed by atoms with E-state index >= 15 is 0 Å². The van der Waals surface area contributed by atoms with Crippen LogP contribution in [0.3, 0.4) is 0 Å². The molecule has 1 aliphatic rings. The number of amides is 1. The zero-order valence-corrected chi connectivity index (χ0v) is 10.8. The maximum absolute atomic E-state index is 11.2. The van der Waals surface area contributed by atoms with Crippen LogP contribution >= 0.6 is 0 Å². The summed E-state index contributed by atoms with van der Waals surface area (Å²) in [6.45, 7) is 0.534. The number of likely N-dealkylation sites (tertiary alicyclic amines) is 1. The summed E-state index contributed by atoms with van der Waals surface area (Å²) in [6, 6.07) is 6.74. The number of phenolic OH excluding ortho intramolecular Hbond substituents is 1. The molecule has 2 aromatic rings. The molecular weight excluding hydrogens is 258 g/mol. The molecule has 1 fully saturated rings. The highest BCUT2D eigenvalue weighted by Gasteiger charge is 2.31. The van der Waals surface area contributed by atoms with E-state index < -0.39 is 6.09 Å². The van der Waals surface area contributed by atoms with Gasteiger partial charge < -0.3 is 15.2 Å². The lowest BCUT2D eigenvalue weighted by molar-refractivity contribution is 0.139. The lowest BCUT2D eigenvalue weighted by atomic mass is 10.1. The molecule has 6 nitrogen and oxygen atoms in total. The van der Waals surface area contributed by atoms with Crippen LogP contribution in [0, 0.1) is 0 Å². The third-order valence-electron chi connectivity index (χ3n) is 3.60. The van der Waals surface area contributed by atoms with E-state index in [4.69, 9.17) is 5.11 Å². The second-order valence-corrected chi connectivity index (χ2v) is 4.83. The lowest BCUT2D eigenvalue weighted by Crippen LogP contribution is -2.29. The number of rotatable bonds is 2. The highest BCUT2D eigenvalue weighted by Crippen LogP contribution is 2.33. The van der Waals surface area contributed by atoms with Gasteiger partial charge in [0.1, 0.15) is 11.6 Å². The van der Waals surface area contributed by atoms with Gasteiger partial charge in [0.25, 0.3) is 0 Å². The van der Waals surface area contributed by atoms with E-state index in [1.54, 1.807) is 24.4 Å². The summed E-state index contributed by atoms with van der Waals surface area (Å²) in [4.78, 5) is 20.0. The second kappa shape index (κ2) is 4.88. The quantitative estimate of drug-likeness (QED) is 0.784. The Bertz CT molecular complexity index is 638. The summed E-state index contributed by atoms with van der Waals surface area (Å²) in [6.07, 6.45) is 2.31. The van der Waals surface area contributed by atoms with Crippen molar-refractivity contribution in [2.45, 2.75) is 18.9 Å². The summed E-state index contributed by atoms with van der Waals surface area (Å²) in [5.74, 6) is 0.798. The number of hydrogen-bond donors (Lipinski definition) is 3. The highest BCUT2D eigenvalue weighted by atomic mass is 16.4. The first-order chi connectivity index (χ1) is 9.66. The van der Waals surface area contributed by atoms with Crippen LogP contribution in [0.1, 0.15) is 24.7 Å². The maximum Gasteiger partial charge on any atom is 0.407 e.